The van der Waals surface area contributed by atoms with Gasteiger partial charge in [-0.05, 0) is 70.6 Å². The van der Waals surface area contributed by atoms with Gasteiger partial charge in [-0.3, -0.25) is 9.59 Å². The van der Waals surface area contributed by atoms with E-state index < -0.39 is 23.5 Å². The van der Waals surface area contributed by atoms with Crippen molar-refractivity contribution in [2.45, 2.75) is 25.4 Å². The van der Waals surface area contributed by atoms with Gasteiger partial charge < -0.3 is 20.4 Å². The van der Waals surface area contributed by atoms with Crippen LogP contribution in [0.15, 0.2) is 18.2 Å². The highest BCUT2D eigenvalue weighted by molar-refractivity contribution is 5.94. The molecule has 10 heteroatoms. The smallest absolute Gasteiger partial charge is 0.352 e. The van der Waals surface area contributed by atoms with E-state index in [-0.39, 0.29) is 30.5 Å². The minimum Gasteiger partial charge on any atom is -0.352 e. The topological polar surface area (TPSA) is 64.7 Å². The highest BCUT2D eigenvalue weighted by atomic mass is 19.4. The van der Waals surface area contributed by atoms with Crippen LogP contribution in [0.1, 0.15) is 35.2 Å². The lowest BCUT2D eigenvalue weighted by molar-refractivity contribution is -0.137. The molecule has 0 spiro atoms. The first-order valence-electron chi connectivity index (χ1n) is 10.4. The minimum absolute atomic E-state index is 0.0341. The number of benzene rings is 1. The van der Waals surface area contributed by atoms with Gasteiger partial charge in [0.15, 0.2) is 0 Å². The fourth-order valence-corrected chi connectivity index (χ4v) is 3.44. The van der Waals surface area contributed by atoms with Crippen molar-refractivity contribution in [2.75, 3.05) is 53.4 Å². The molecule has 1 heterocycles. The molecule has 0 radical (unpaired) electrons. The van der Waals surface area contributed by atoms with E-state index in [9.17, 15) is 27.2 Å². The average molecular weight is 446 g/mol. The van der Waals surface area contributed by atoms with Crippen molar-refractivity contribution < 1.29 is 27.2 Å². The minimum atomic E-state index is -4.72. The summed E-state index contributed by atoms with van der Waals surface area (Å²) in [4.78, 5) is 28.3. The number of hydrogen-bond donors (Lipinski definition) is 2. The Kier molecular flexibility index (Phi) is 9.24. The van der Waals surface area contributed by atoms with Crippen molar-refractivity contribution in [3.63, 3.8) is 0 Å². The molecule has 0 unspecified atom stereocenters. The van der Waals surface area contributed by atoms with Crippen LogP contribution in [0.4, 0.5) is 17.6 Å². The first kappa shape index (κ1) is 25.1. The summed E-state index contributed by atoms with van der Waals surface area (Å²) in [6.07, 6.45) is -2.40. The molecule has 6 nitrogen and oxygen atoms in total. The zero-order chi connectivity index (χ0) is 23.0. The van der Waals surface area contributed by atoms with Gasteiger partial charge in [-0.1, -0.05) is 0 Å². The summed E-state index contributed by atoms with van der Waals surface area (Å²) in [5.41, 5.74) is -1.56. The Morgan fingerprint density at radius 1 is 1.16 bits per heavy atom. The van der Waals surface area contributed by atoms with Gasteiger partial charge in [0.25, 0.3) is 5.91 Å². The van der Waals surface area contributed by atoms with Crippen LogP contribution >= 0.6 is 0 Å². The summed E-state index contributed by atoms with van der Waals surface area (Å²) in [6, 6.07) is 1.79. The zero-order valence-electron chi connectivity index (χ0n) is 17.9. The van der Waals surface area contributed by atoms with Crippen LogP contribution in [0.2, 0.25) is 0 Å². The number of carbonyl (C=O) groups is 2. The van der Waals surface area contributed by atoms with E-state index in [2.05, 4.69) is 15.5 Å². The van der Waals surface area contributed by atoms with E-state index in [4.69, 9.17) is 0 Å². The van der Waals surface area contributed by atoms with E-state index in [0.717, 1.165) is 25.6 Å². The van der Waals surface area contributed by atoms with Crippen molar-refractivity contribution >= 4 is 11.8 Å². The number of alkyl halides is 3. The summed E-state index contributed by atoms with van der Waals surface area (Å²) in [5, 5.41) is 5.72. The zero-order valence-corrected chi connectivity index (χ0v) is 17.9. The lowest BCUT2D eigenvalue weighted by atomic mass is 9.96. The van der Waals surface area contributed by atoms with Gasteiger partial charge in [-0.15, -0.1) is 0 Å². The second-order valence-electron chi connectivity index (χ2n) is 8.09. The van der Waals surface area contributed by atoms with Gasteiger partial charge in [-0.25, -0.2) is 4.39 Å². The van der Waals surface area contributed by atoms with Crippen LogP contribution in [0.3, 0.4) is 0 Å². The van der Waals surface area contributed by atoms with Gasteiger partial charge in [-0.2, -0.15) is 13.2 Å². The third-order valence-electron chi connectivity index (χ3n) is 5.24. The van der Waals surface area contributed by atoms with Gasteiger partial charge >= 0.3 is 6.18 Å². The van der Waals surface area contributed by atoms with Crippen molar-refractivity contribution in [1.29, 1.82) is 0 Å². The maximum atomic E-state index is 13.5. The Hall–Kier alpha value is -2.20. The molecule has 1 saturated heterocycles. The van der Waals surface area contributed by atoms with Crippen LogP contribution in [-0.2, 0) is 11.0 Å². The maximum absolute atomic E-state index is 13.5. The fraction of sp³-hybridized carbons (Fsp3) is 0.619. The number of hydrogen-bond acceptors (Lipinski definition) is 4. The van der Waals surface area contributed by atoms with E-state index in [0.29, 0.717) is 38.1 Å². The number of amides is 2. The van der Waals surface area contributed by atoms with Crippen LogP contribution in [0, 0.1) is 11.7 Å². The summed E-state index contributed by atoms with van der Waals surface area (Å²) >= 11 is 0. The molecule has 0 bridgehead atoms. The first-order chi connectivity index (χ1) is 14.6. The standard InChI is InChI=1S/C21H30F4N4O2/c1-28(2)7-3-6-26-14-19(30)29-8-4-15(5-9-29)13-27-20(31)16-10-17(21(23,24)25)12-18(22)11-16/h10-12,15,26H,3-9,13-14H2,1-2H3,(H,27,31). The Morgan fingerprint density at radius 2 is 1.84 bits per heavy atom. The average Bonchev–Trinajstić information content (AvgIpc) is 2.70. The molecule has 2 amide bonds. The van der Waals surface area contributed by atoms with Crippen LogP contribution in [0.5, 0.6) is 0 Å². The number of halogens is 4. The van der Waals surface area contributed by atoms with E-state index in [1.54, 1.807) is 4.90 Å². The molecular weight excluding hydrogens is 416 g/mol. The Labute approximate surface area is 180 Å². The lowest BCUT2D eigenvalue weighted by Gasteiger charge is -2.32. The number of nitrogens with zero attached hydrogens (tertiary/aromatic N) is 2. The molecule has 1 aliphatic heterocycles. The number of rotatable bonds is 9. The van der Waals surface area contributed by atoms with Gasteiger partial charge in [0.2, 0.25) is 5.91 Å². The summed E-state index contributed by atoms with van der Waals surface area (Å²) < 4.78 is 51.9. The van der Waals surface area contributed by atoms with E-state index >= 15 is 0 Å². The molecule has 0 saturated carbocycles. The Bertz CT molecular complexity index is 747. The second kappa shape index (κ2) is 11.4. The van der Waals surface area contributed by atoms with E-state index in [1.807, 2.05) is 14.1 Å². The summed E-state index contributed by atoms with van der Waals surface area (Å²) in [7, 11) is 3.99. The molecular formula is C21H30F4N4O2. The Balaban J connectivity index is 1.73. The highest BCUT2D eigenvalue weighted by Gasteiger charge is 2.32. The molecule has 31 heavy (non-hydrogen) atoms. The normalized spacial score (nSPS) is 15.4. The molecule has 2 rings (SSSR count). The molecule has 2 N–H and O–H groups in total. The predicted molar refractivity (Wildman–Crippen MR) is 109 cm³/mol. The molecule has 0 aromatic heterocycles. The Morgan fingerprint density at radius 3 is 2.45 bits per heavy atom. The molecule has 1 aromatic rings. The van der Waals surface area contributed by atoms with Crippen molar-refractivity contribution in [2.24, 2.45) is 5.92 Å². The lowest BCUT2D eigenvalue weighted by Crippen LogP contribution is -2.45. The van der Waals surface area contributed by atoms with Crippen molar-refractivity contribution in [1.82, 2.24) is 20.4 Å². The molecule has 0 atom stereocenters. The third kappa shape index (κ3) is 8.45. The third-order valence-corrected chi connectivity index (χ3v) is 5.24. The first-order valence-corrected chi connectivity index (χ1v) is 10.4. The van der Waals surface area contributed by atoms with Crippen molar-refractivity contribution in [3.8, 4) is 0 Å². The molecule has 1 aromatic carbocycles. The largest absolute Gasteiger partial charge is 0.416 e. The molecule has 1 aliphatic rings. The van der Waals surface area contributed by atoms with Gasteiger partial charge in [0.1, 0.15) is 5.82 Å². The second-order valence-corrected chi connectivity index (χ2v) is 8.09. The highest BCUT2D eigenvalue weighted by Crippen LogP contribution is 2.30. The summed E-state index contributed by atoms with van der Waals surface area (Å²) in [6.45, 7) is 3.40. The van der Waals surface area contributed by atoms with E-state index in [1.165, 1.54) is 0 Å². The molecule has 174 valence electrons. The van der Waals surface area contributed by atoms with Gasteiger partial charge in [0, 0.05) is 25.2 Å². The number of likely N-dealkylation sites (tertiary alicyclic amines) is 1. The monoisotopic (exact) mass is 446 g/mol. The fourth-order valence-electron chi connectivity index (χ4n) is 3.44. The maximum Gasteiger partial charge on any atom is 0.416 e. The van der Waals surface area contributed by atoms with Crippen LogP contribution in [-0.4, -0.2) is 75.0 Å². The number of carbonyl (C=O) groups excluding carboxylic acids is 2. The number of nitrogens with one attached hydrogen (secondary N) is 2. The van der Waals surface area contributed by atoms with Crippen LogP contribution < -0.4 is 10.6 Å². The van der Waals surface area contributed by atoms with Crippen molar-refractivity contribution in [3.05, 3.63) is 35.1 Å². The number of piperidine rings is 1. The molecule has 0 aliphatic carbocycles. The predicted octanol–water partition coefficient (Wildman–Crippen LogP) is 2.35. The van der Waals surface area contributed by atoms with Crippen LogP contribution in [0.25, 0.3) is 0 Å². The summed E-state index contributed by atoms with van der Waals surface area (Å²) in [5.74, 6) is -1.71. The van der Waals surface area contributed by atoms with Gasteiger partial charge in [0.05, 0.1) is 12.1 Å². The molecule has 1 fully saturated rings. The quantitative estimate of drug-likeness (QED) is 0.452. The SMILES string of the molecule is CN(C)CCCNCC(=O)N1CCC(CNC(=O)c2cc(F)cc(C(F)(F)F)c2)CC1.